The van der Waals surface area contributed by atoms with Crippen molar-refractivity contribution in [3.63, 3.8) is 0 Å². The number of carbonyl (C=O) groups excluding carboxylic acids is 2. The van der Waals surface area contributed by atoms with E-state index in [1.165, 1.54) is 6.07 Å². The lowest BCUT2D eigenvalue weighted by Crippen LogP contribution is -2.35. The van der Waals surface area contributed by atoms with Crippen LogP contribution in [-0.4, -0.2) is 20.4 Å². The molecule has 3 amide bonds. The number of hydrogen-bond acceptors (Lipinski definition) is 4. The fourth-order valence-corrected chi connectivity index (χ4v) is 3.58. The molecule has 6 N–H and O–H groups in total. The van der Waals surface area contributed by atoms with Gasteiger partial charge in [-0.05, 0) is 42.7 Å². The Morgan fingerprint density at radius 3 is 2.33 bits per heavy atom. The molecule has 0 bridgehead atoms. The molecule has 0 fully saturated rings. The van der Waals surface area contributed by atoms with Crippen molar-refractivity contribution in [2.75, 3.05) is 5.32 Å². The molecule has 0 aliphatic carbocycles. The topological polar surface area (TPSA) is 144 Å². The Balaban J connectivity index is 2.22. The summed E-state index contributed by atoms with van der Waals surface area (Å²) in [5, 5.41) is 10.4. The van der Waals surface area contributed by atoms with E-state index < -0.39 is 28.0 Å². The number of benzene rings is 2. The maximum absolute atomic E-state index is 12.5. The van der Waals surface area contributed by atoms with Gasteiger partial charge in [-0.25, -0.2) is 18.4 Å². The van der Waals surface area contributed by atoms with Crippen molar-refractivity contribution >= 4 is 27.6 Å². The van der Waals surface area contributed by atoms with Crippen molar-refractivity contribution in [2.45, 2.75) is 31.2 Å². The van der Waals surface area contributed by atoms with Crippen LogP contribution in [0.15, 0.2) is 47.4 Å². The van der Waals surface area contributed by atoms with E-state index in [1.54, 1.807) is 31.2 Å². The van der Waals surface area contributed by atoms with Crippen LogP contribution in [0.3, 0.4) is 0 Å². The third kappa shape index (κ3) is 5.53. The third-order valence-electron chi connectivity index (χ3n) is 4.05. The number of anilines is 1. The molecule has 0 aromatic heterocycles. The van der Waals surface area contributed by atoms with Gasteiger partial charge in [-0.3, -0.25) is 4.79 Å². The summed E-state index contributed by atoms with van der Waals surface area (Å²) in [6, 6.07) is 10.4. The van der Waals surface area contributed by atoms with Crippen molar-refractivity contribution < 1.29 is 18.0 Å². The van der Waals surface area contributed by atoms with Crippen LogP contribution in [0.25, 0.3) is 0 Å². The summed E-state index contributed by atoms with van der Waals surface area (Å²) < 4.78 is 23.2. The first-order valence-electron chi connectivity index (χ1n) is 8.12. The predicted octanol–water partition coefficient (Wildman–Crippen LogP) is 1.69. The highest BCUT2D eigenvalue weighted by Gasteiger charge is 2.20. The number of sulfonamides is 1. The molecule has 0 aliphatic heterocycles. The number of amides is 3. The minimum Gasteiger partial charge on any atom is -0.352 e. The molecule has 0 radical (unpaired) electrons. The standard InChI is InChI=1S/C18H22N4O4S/c1-11-5-3-4-6-14(11)15(22-18(19)24)10-17(23)21-13-8-7-12(2)16(9-13)27(20,25)26/h3-9,15H,10H2,1-2H3,(H,21,23)(H3,19,22,24)(H2,20,25,26). The van der Waals surface area contributed by atoms with Gasteiger partial charge in [0.05, 0.1) is 17.4 Å². The Kier molecular flexibility index (Phi) is 6.19. The van der Waals surface area contributed by atoms with E-state index >= 15 is 0 Å². The van der Waals surface area contributed by atoms with Crippen LogP contribution in [-0.2, 0) is 14.8 Å². The molecule has 0 aliphatic rings. The van der Waals surface area contributed by atoms with Gasteiger partial charge in [-0.15, -0.1) is 0 Å². The maximum atomic E-state index is 12.5. The second-order valence-electron chi connectivity index (χ2n) is 6.20. The minimum absolute atomic E-state index is 0.0639. The number of hydrogen-bond donors (Lipinski definition) is 4. The van der Waals surface area contributed by atoms with E-state index in [-0.39, 0.29) is 17.0 Å². The fraction of sp³-hybridized carbons (Fsp3) is 0.222. The van der Waals surface area contributed by atoms with Gasteiger partial charge < -0.3 is 16.4 Å². The highest BCUT2D eigenvalue weighted by atomic mass is 32.2. The summed E-state index contributed by atoms with van der Waals surface area (Å²) in [6.45, 7) is 3.47. The molecule has 9 heteroatoms. The maximum Gasteiger partial charge on any atom is 0.312 e. The molecule has 1 unspecified atom stereocenters. The van der Waals surface area contributed by atoms with Crippen LogP contribution in [0.4, 0.5) is 10.5 Å². The molecule has 2 aromatic rings. The molecule has 1 atom stereocenters. The van der Waals surface area contributed by atoms with Gasteiger partial charge in [0.25, 0.3) is 0 Å². The molecule has 0 spiro atoms. The predicted molar refractivity (Wildman–Crippen MR) is 102 cm³/mol. The number of primary sulfonamides is 1. The quantitative estimate of drug-likeness (QED) is 0.595. The molecular weight excluding hydrogens is 368 g/mol. The van der Waals surface area contributed by atoms with Crippen molar-refractivity contribution in [2.24, 2.45) is 10.9 Å². The Labute approximate surface area is 158 Å². The summed E-state index contributed by atoms with van der Waals surface area (Å²) in [4.78, 5) is 23.7. The second-order valence-corrected chi connectivity index (χ2v) is 7.73. The van der Waals surface area contributed by atoms with E-state index in [0.717, 1.165) is 11.1 Å². The molecule has 144 valence electrons. The number of urea groups is 1. The van der Waals surface area contributed by atoms with Crippen LogP contribution < -0.4 is 21.5 Å². The SMILES string of the molecule is Cc1ccccc1C(CC(=O)Nc1ccc(C)c(S(N)(=O)=O)c1)NC(N)=O. The van der Waals surface area contributed by atoms with Crippen LogP contribution in [0.2, 0.25) is 0 Å². The highest BCUT2D eigenvalue weighted by molar-refractivity contribution is 7.89. The van der Waals surface area contributed by atoms with Gasteiger partial charge in [-0.1, -0.05) is 30.3 Å². The number of rotatable bonds is 6. The second kappa shape index (κ2) is 8.19. The van der Waals surface area contributed by atoms with E-state index in [0.29, 0.717) is 5.56 Å². The lowest BCUT2D eigenvalue weighted by molar-refractivity contribution is -0.116. The summed E-state index contributed by atoms with van der Waals surface area (Å²) in [5.41, 5.74) is 7.66. The number of aryl methyl sites for hydroxylation is 2. The minimum atomic E-state index is -3.90. The van der Waals surface area contributed by atoms with Crippen molar-refractivity contribution in [3.8, 4) is 0 Å². The van der Waals surface area contributed by atoms with E-state index in [2.05, 4.69) is 10.6 Å². The van der Waals surface area contributed by atoms with Crippen LogP contribution in [0.1, 0.15) is 29.2 Å². The molecule has 0 saturated heterocycles. The Morgan fingerprint density at radius 1 is 1.07 bits per heavy atom. The number of carbonyl (C=O) groups is 2. The lowest BCUT2D eigenvalue weighted by Gasteiger charge is -2.20. The molecular formula is C18H22N4O4S. The number of primary amides is 1. The largest absolute Gasteiger partial charge is 0.352 e. The number of nitrogens with one attached hydrogen (secondary N) is 2. The van der Waals surface area contributed by atoms with Crippen LogP contribution in [0.5, 0.6) is 0 Å². The lowest BCUT2D eigenvalue weighted by atomic mass is 9.98. The Bertz CT molecular complexity index is 973. The molecule has 27 heavy (non-hydrogen) atoms. The van der Waals surface area contributed by atoms with Crippen molar-refractivity contribution in [1.29, 1.82) is 0 Å². The van der Waals surface area contributed by atoms with Gasteiger partial charge in [0.2, 0.25) is 15.9 Å². The zero-order valence-corrected chi connectivity index (χ0v) is 15.8. The summed E-state index contributed by atoms with van der Waals surface area (Å²) >= 11 is 0. The van der Waals surface area contributed by atoms with E-state index in [9.17, 15) is 18.0 Å². The fourth-order valence-electron chi connectivity index (χ4n) is 2.77. The average Bonchev–Trinajstić information content (AvgIpc) is 2.55. The molecule has 2 aromatic carbocycles. The first-order valence-corrected chi connectivity index (χ1v) is 9.67. The van der Waals surface area contributed by atoms with Crippen molar-refractivity contribution in [3.05, 3.63) is 59.2 Å². The highest BCUT2D eigenvalue weighted by Crippen LogP contribution is 2.23. The summed E-state index contributed by atoms with van der Waals surface area (Å²) in [7, 11) is -3.90. The summed E-state index contributed by atoms with van der Waals surface area (Å²) in [5.74, 6) is -0.416. The first kappa shape index (κ1) is 20.4. The molecule has 0 heterocycles. The zero-order chi connectivity index (χ0) is 20.2. The first-order chi connectivity index (χ1) is 12.6. The van der Waals surface area contributed by atoms with Gasteiger partial charge in [-0.2, -0.15) is 0 Å². The smallest absolute Gasteiger partial charge is 0.312 e. The summed E-state index contributed by atoms with van der Waals surface area (Å²) in [6.07, 6.45) is -0.0770. The van der Waals surface area contributed by atoms with E-state index in [1.807, 2.05) is 19.1 Å². The Hall–Kier alpha value is -2.91. The van der Waals surface area contributed by atoms with Gasteiger partial charge in [0.1, 0.15) is 0 Å². The number of nitrogens with two attached hydrogens (primary N) is 2. The van der Waals surface area contributed by atoms with Crippen molar-refractivity contribution in [1.82, 2.24) is 5.32 Å². The van der Waals surface area contributed by atoms with Gasteiger partial charge in [0, 0.05) is 5.69 Å². The monoisotopic (exact) mass is 390 g/mol. The molecule has 8 nitrogen and oxygen atoms in total. The zero-order valence-electron chi connectivity index (χ0n) is 15.0. The normalized spacial score (nSPS) is 12.3. The average molecular weight is 390 g/mol. The molecule has 0 saturated carbocycles. The Morgan fingerprint density at radius 2 is 1.74 bits per heavy atom. The molecule has 2 rings (SSSR count). The van der Waals surface area contributed by atoms with Crippen LogP contribution in [0, 0.1) is 13.8 Å². The van der Waals surface area contributed by atoms with Gasteiger partial charge in [0.15, 0.2) is 0 Å². The van der Waals surface area contributed by atoms with Crippen LogP contribution >= 0.6 is 0 Å². The van der Waals surface area contributed by atoms with E-state index in [4.69, 9.17) is 10.9 Å². The third-order valence-corrected chi connectivity index (χ3v) is 5.10. The van der Waals surface area contributed by atoms with Gasteiger partial charge >= 0.3 is 6.03 Å².